The highest BCUT2D eigenvalue weighted by molar-refractivity contribution is 5.95. The van der Waals surface area contributed by atoms with Crippen LogP contribution in [0.1, 0.15) is 36.7 Å². The van der Waals surface area contributed by atoms with Gasteiger partial charge in [0, 0.05) is 23.8 Å². The van der Waals surface area contributed by atoms with E-state index in [0.717, 1.165) is 25.2 Å². The van der Waals surface area contributed by atoms with Crippen molar-refractivity contribution < 1.29 is 4.79 Å². The zero-order valence-electron chi connectivity index (χ0n) is 12.4. The Bertz CT molecular complexity index is 427. The second-order valence-electron chi connectivity index (χ2n) is 4.93. The monoisotopic (exact) mass is 263 g/mol. The molecule has 106 valence electrons. The topological polar surface area (TPSA) is 58.4 Å². The predicted octanol–water partition coefficient (Wildman–Crippen LogP) is 2.04. The first-order valence-electron chi connectivity index (χ1n) is 6.87. The number of carbonyl (C=O) groups excluding carboxylic acids is 1. The van der Waals surface area contributed by atoms with Crippen LogP contribution in [0.15, 0.2) is 18.2 Å². The Morgan fingerprint density at radius 1 is 1.37 bits per heavy atom. The van der Waals surface area contributed by atoms with Gasteiger partial charge < -0.3 is 16.0 Å². The Labute approximate surface area is 116 Å². The van der Waals surface area contributed by atoms with Crippen molar-refractivity contribution in [2.45, 2.75) is 33.7 Å². The van der Waals surface area contributed by atoms with E-state index in [-0.39, 0.29) is 11.9 Å². The lowest BCUT2D eigenvalue weighted by Crippen LogP contribution is -2.41. The molecule has 0 radical (unpaired) electrons. The van der Waals surface area contributed by atoms with E-state index in [9.17, 15) is 4.79 Å². The lowest BCUT2D eigenvalue weighted by molar-refractivity contribution is 0.0930. The van der Waals surface area contributed by atoms with E-state index in [4.69, 9.17) is 5.73 Å². The number of hydrogen-bond acceptors (Lipinski definition) is 3. The van der Waals surface area contributed by atoms with Crippen molar-refractivity contribution in [2.24, 2.45) is 0 Å². The van der Waals surface area contributed by atoms with Crippen LogP contribution in [0, 0.1) is 6.92 Å². The normalized spacial score (nSPS) is 12.5. The Morgan fingerprint density at radius 2 is 2.00 bits per heavy atom. The summed E-state index contributed by atoms with van der Waals surface area (Å²) in [5.74, 6) is -0.0391. The van der Waals surface area contributed by atoms with Gasteiger partial charge in [0.15, 0.2) is 0 Å². The van der Waals surface area contributed by atoms with Gasteiger partial charge in [-0.1, -0.05) is 13.8 Å². The number of anilines is 1. The summed E-state index contributed by atoms with van der Waals surface area (Å²) in [6.45, 7) is 11.1. The maximum atomic E-state index is 12.1. The van der Waals surface area contributed by atoms with Crippen LogP contribution in [0.4, 0.5) is 5.69 Å². The van der Waals surface area contributed by atoms with Crippen molar-refractivity contribution >= 4 is 11.6 Å². The molecule has 0 saturated carbocycles. The zero-order chi connectivity index (χ0) is 14.4. The third-order valence-electron chi connectivity index (χ3n) is 3.34. The van der Waals surface area contributed by atoms with Gasteiger partial charge in [0.1, 0.15) is 0 Å². The van der Waals surface area contributed by atoms with Gasteiger partial charge in [0.2, 0.25) is 0 Å². The third kappa shape index (κ3) is 4.56. The predicted molar refractivity (Wildman–Crippen MR) is 80.3 cm³/mol. The van der Waals surface area contributed by atoms with Crippen molar-refractivity contribution in [3.05, 3.63) is 29.3 Å². The molecule has 0 heterocycles. The fourth-order valence-electron chi connectivity index (χ4n) is 2.04. The van der Waals surface area contributed by atoms with Crippen LogP contribution in [0.3, 0.4) is 0 Å². The standard InChI is InChI=1S/C15H25N3O/c1-5-18(6-2)10-12(4)17-15(19)13-7-8-14(16)11(3)9-13/h7-9,12H,5-6,10,16H2,1-4H3,(H,17,19). The maximum absolute atomic E-state index is 12.1. The molecule has 1 aromatic rings. The number of hydrogen-bond donors (Lipinski definition) is 2. The fraction of sp³-hybridized carbons (Fsp3) is 0.533. The summed E-state index contributed by atoms with van der Waals surface area (Å²) >= 11 is 0. The summed E-state index contributed by atoms with van der Waals surface area (Å²) in [4.78, 5) is 14.4. The van der Waals surface area contributed by atoms with Gasteiger partial charge in [-0.15, -0.1) is 0 Å². The van der Waals surface area contributed by atoms with E-state index >= 15 is 0 Å². The van der Waals surface area contributed by atoms with E-state index in [2.05, 4.69) is 24.1 Å². The van der Waals surface area contributed by atoms with Crippen molar-refractivity contribution in [1.82, 2.24) is 10.2 Å². The minimum atomic E-state index is -0.0391. The molecule has 4 heteroatoms. The second kappa shape index (κ2) is 7.14. The number of nitrogens with one attached hydrogen (secondary N) is 1. The maximum Gasteiger partial charge on any atom is 0.251 e. The molecule has 4 nitrogen and oxygen atoms in total. The van der Waals surface area contributed by atoms with Crippen molar-refractivity contribution in [2.75, 3.05) is 25.4 Å². The summed E-state index contributed by atoms with van der Waals surface area (Å²) in [5, 5.41) is 3.02. The van der Waals surface area contributed by atoms with E-state index in [0.29, 0.717) is 11.3 Å². The lowest BCUT2D eigenvalue weighted by Gasteiger charge is -2.23. The Hall–Kier alpha value is -1.55. The summed E-state index contributed by atoms with van der Waals surface area (Å²) in [5.41, 5.74) is 8.07. The molecule has 1 amide bonds. The average molecular weight is 263 g/mol. The van der Waals surface area contributed by atoms with Crippen LogP contribution in [0.25, 0.3) is 0 Å². The van der Waals surface area contributed by atoms with Crippen LogP contribution in [0.5, 0.6) is 0 Å². The molecule has 0 fully saturated rings. The quantitative estimate of drug-likeness (QED) is 0.772. The Morgan fingerprint density at radius 3 is 2.53 bits per heavy atom. The number of aryl methyl sites for hydroxylation is 1. The molecule has 0 aliphatic heterocycles. The molecule has 1 rings (SSSR count). The first kappa shape index (κ1) is 15.5. The SMILES string of the molecule is CCN(CC)CC(C)NC(=O)c1ccc(N)c(C)c1. The summed E-state index contributed by atoms with van der Waals surface area (Å²) < 4.78 is 0. The molecular weight excluding hydrogens is 238 g/mol. The van der Waals surface area contributed by atoms with Crippen LogP contribution in [0.2, 0.25) is 0 Å². The highest BCUT2D eigenvalue weighted by Gasteiger charge is 2.12. The van der Waals surface area contributed by atoms with Crippen LogP contribution >= 0.6 is 0 Å². The van der Waals surface area contributed by atoms with Gasteiger partial charge in [-0.25, -0.2) is 0 Å². The third-order valence-corrected chi connectivity index (χ3v) is 3.34. The summed E-state index contributed by atoms with van der Waals surface area (Å²) in [6, 6.07) is 5.50. The van der Waals surface area contributed by atoms with E-state index in [1.54, 1.807) is 12.1 Å². The first-order chi connectivity index (χ1) is 8.97. The molecule has 1 unspecified atom stereocenters. The smallest absolute Gasteiger partial charge is 0.251 e. The number of benzene rings is 1. The van der Waals surface area contributed by atoms with Gasteiger partial charge in [-0.3, -0.25) is 4.79 Å². The number of nitrogens with zero attached hydrogens (tertiary/aromatic N) is 1. The minimum Gasteiger partial charge on any atom is -0.399 e. The molecule has 19 heavy (non-hydrogen) atoms. The largest absolute Gasteiger partial charge is 0.399 e. The summed E-state index contributed by atoms with van der Waals surface area (Å²) in [7, 11) is 0. The second-order valence-corrected chi connectivity index (χ2v) is 4.93. The van der Waals surface area contributed by atoms with Crippen molar-refractivity contribution in [3.63, 3.8) is 0 Å². The molecule has 0 aliphatic rings. The molecule has 0 spiro atoms. The molecule has 0 bridgehead atoms. The van der Waals surface area contributed by atoms with Crippen LogP contribution < -0.4 is 11.1 Å². The average Bonchev–Trinajstić information content (AvgIpc) is 2.38. The lowest BCUT2D eigenvalue weighted by atomic mass is 10.1. The number of nitrogen functional groups attached to an aromatic ring is 1. The fourth-order valence-corrected chi connectivity index (χ4v) is 2.04. The van der Waals surface area contributed by atoms with Gasteiger partial charge in [-0.2, -0.15) is 0 Å². The van der Waals surface area contributed by atoms with Crippen LogP contribution in [-0.2, 0) is 0 Å². The molecule has 0 aliphatic carbocycles. The van der Waals surface area contributed by atoms with E-state index in [1.807, 2.05) is 19.9 Å². The molecule has 1 aromatic carbocycles. The number of likely N-dealkylation sites (N-methyl/N-ethyl adjacent to an activating group) is 1. The molecule has 0 saturated heterocycles. The Balaban J connectivity index is 2.61. The highest BCUT2D eigenvalue weighted by atomic mass is 16.1. The first-order valence-corrected chi connectivity index (χ1v) is 6.87. The highest BCUT2D eigenvalue weighted by Crippen LogP contribution is 2.12. The Kier molecular flexibility index (Phi) is 5.83. The molecule has 1 atom stereocenters. The number of rotatable bonds is 6. The molecule has 0 aromatic heterocycles. The number of nitrogens with two attached hydrogens (primary N) is 1. The molecule has 3 N–H and O–H groups in total. The summed E-state index contributed by atoms with van der Waals surface area (Å²) in [6.07, 6.45) is 0. The number of carbonyl (C=O) groups is 1. The van der Waals surface area contributed by atoms with Crippen LogP contribution in [-0.4, -0.2) is 36.5 Å². The van der Waals surface area contributed by atoms with Gasteiger partial charge in [0.05, 0.1) is 0 Å². The van der Waals surface area contributed by atoms with Crippen molar-refractivity contribution in [3.8, 4) is 0 Å². The van der Waals surface area contributed by atoms with E-state index in [1.165, 1.54) is 0 Å². The molecular formula is C15H25N3O. The van der Waals surface area contributed by atoms with Crippen molar-refractivity contribution in [1.29, 1.82) is 0 Å². The van der Waals surface area contributed by atoms with Gasteiger partial charge >= 0.3 is 0 Å². The van der Waals surface area contributed by atoms with Gasteiger partial charge in [0.25, 0.3) is 5.91 Å². The van der Waals surface area contributed by atoms with E-state index < -0.39 is 0 Å². The number of amides is 1. The minimum absolute atomic E-state index is 0.0391. The van der Waals surface area contributed by atoms with Gasteiger partial charge in [-0.05, 0) is 50.7 Å². The zero-order valence-corrected chi connectivity index (χ0v) is 12.4.